The predicted molar refractivity (Wildman–Crippen MR) is 101 cm³/mol. The maximum Gasteiger partial charge on any atom is 0.256 e. The van der Waals surface area contributed by atoms with Crippen molar-refractivity contribution in [2.75, 3.05) is 15.8 Å². The van der Waals surface area contributed by atoms with Crippen molar-refractivity contribution in [3.05, 3.63) is 56.9 Å². The molecule has 0 aliphatic rings. The maximum absolute atomic E-state index is 13.1. The standard InChI is InChI=1S/C16H16FIN2O3S/c1-3-24(22,23)20-15-7-5-12(8-10(15)2)19-16(21)13-6-4-11(17)9-14(13)18/h4-9,20H,3H2,1-2H3,(H,19,21). The lowest BCUT2D eigenvalue weighted by Gasteiger charge is -2.12. The molecule has 0 aromatic heterocycles. The molecule has 5 nitrogen and oxygen atoms in total. The minimum absolute atomic E-state index is 0.0199. The van der Waals surface area contributed by atoms with Gasteiger partial charge in [0.15, 0.2) is 0 Å². The lowest BCUT2D eigenvalue weighted by Crippen LogP contribution is -2.16. The summed E-state index contributed by atoms with van der Waals surface area (Å²) in [6.45, 7) is 3.29. The highest BCUT2D eigenvalue weighted by molar-refractivity contribution is 14.1. The van der Waals surface area contributed by atoms with Crippen LogP contribution in [0.4, 0.5) is 15.8 Å². The van der Waals surface area contributed by atoms with Crippen molar-refractivity contribution < 1.29 is 17.6 Å². The molecule has 0 spiro atoms. The molecule has 24 heavy (non-hydrogen) atoms. The number of amides is 1. The third kappa shape index (κ3) is 4.67. The molecule has 2 aromatic carbocycles. The Morgan fingerprint density at radius 1 is 1.21 bits per heavy atom. The van der Waals surface area contributed by atoms with Gasteiger partial charge in [0.05, 0.1) is 17.0 Å². The zero-order valence-corrected chi connectivity index (χ0v) is 16.0. The number of hydrogen-bond donors (Lipinski definition) is 2. The zero-order chi connectivity index (χ0) is 17.9. The third-order valence-electron chi connectivity index (χ3n) is 3.31. The van der Waals surface area contributed by atoms with Crippen LogP contribution in [-0.4, -0.2) is 20.1 Å². The maximum atomic E-state index is 13.1. The van der Waals surface area contributed by atoms with Crippen LogP contribution >= 0.6 is 22.6 Å². The van der Waals surface area contributed by atoms with Crippen LogP contribution in [0.2, 0.25) is 0 Å². The summed E-state index contributed by atoms with van der Waals surface area (Å²) >= 11 is 1.90. The molecule has 0 aliphatic carbocycles. The van der Waals surface area contributed by atoms with Crippen LogP contribution in [0.15, 0.2) is 36.4 Å². The summed E-state index contributed by atoms with van der Waals surface area (Å²) in [4.78, 5) is 12.3. The van der Waals surface area contributed by atoms with Gasteiger partial charge in [0.2, 0.25) is 10.0 Å². The fraction of sp³-hybridized carbons (Fsp3) is 0.188. The molecular weight excluding hydrogens is 446 g/mol. The van der Waals surface area contributed by atoms with E-state index in [1.807, 2.05) is 22.6 Å². The first-order valence-electron chi connectivity index (χ1n) is 7.09. The number of sulfonamides is 1. The van der Waals surface area contributed by atoms with Gasteiger partial charge in [0.1, 0.15) is 5.82 Å². The molecule has 0 heterocycles. The Morgan fingerprint density at radius 3 is 2.50 bits per heavy atom. The number of carbonyl (C=O) groups excluding carboxylic acids is 1. The van der Waals surface area contributed by atoms with Crippen molar-refractivity contribution in [1.29, 1.82) is 0 Å². The Kier molecular flexibility index (Phi) is 5.81. The summed E-state index contributed by atoms with van der Waals surface area (Å²) in [5.74, 6) is -0.784. The van der Waals surface area contributed by atoms with Crippen molar-refractivity contribution in [3.8, 4) is 0 Å². The molecule has 2 rings (SSSR count). The van der Waals surface area contributed by atoms with E-state index in [0.717, 1.165) is 0 Å². The number of carbonyl (C=O) groups is 1. The molecule has 0 saturated heterocycles. The lowest BCUT2D eigenvalue weighted by atomic mass is 10.1. The van der Waals surface area contributed by atoms with Crippen LogP contribution in [-0.2, 0) is 10.0 Å². The van der Waals surface area contributed by atoms with E-state index in [-0.39, 0.29) is 11.7 Å². The third-order valence-corrected chi connectivity index (χ3v) is 5.49. The highest BCUT2D eigenvalue weighted by Gasteiger charge is 2.13. The van der Waals surface area contributed by atoms with Gasteiger partial charge in [-0.15, -0.1) is 0 Å². The summed E-state index contributed by atoms with van der Waals surface area (Å²) in [6.07, 6.45) is 0. The van der Waals surface area contributed by atoms with E-state index < -0.39 is 15.8 Å². The zero-order valence-electron chi connectivity index (χ0n) is 13.1. The highest BCUT2D eigenvalue weighted by Crippen LogP contribution is 2.22. The molecular formula is C16H16FIN2O3S. The highest BCUT2D eigenvalue weighted by atomic mass is 127. The number of halogens is 2. The number of anilines is 2. The van der Waals surface area contributed by atoms with Gasteiger partial charge in [0.25, 0.3) is 5.91 Å². The van der Waals surface area contributed by atoms with Gasteiger partial charge in [-0.1, -0.05) is 0 Å². The summed E-state index contributed by atoms with van der Waals surface area (Å²) < 4.78 is 39.3. The molecule has 0 bridgehead atoms. The Labute approximate surface area is 153 Å². The normalized spacial score (nSPS) is 11.2. The van der Waals surface area contributed by atoms with Gasteiger partial charge in [-0.2, -0.15) is 0 Å². The van der Waals surface area contributed by atoms with Crippen molar-refractivity contribution in [2.45, 2.75) is 13.8 Å². The predicted octanol–water partition coefficient (Wildman–Crippen LogP) is 3.75. The molecule has 0 unspecified atom stereocenters. The summed E-state index contributed by atoms with van der Waals surface area (Å²) in [6, 6.07) is 8.79. The average molecular weight is 462 g/mol. The molecule has 0 aliphatic heterocycles. The molecule has 128 valence electrons. The van der Waals surface area contributed by atoms with E-state index in [2.05, 4.69) is 10.0 Å². The van der Waals surface area contributed by atoms with Gasteiger partial charge in [-0.3, -0.25) is 9.52 Å². The molecule has 2 N–H and O–H groups in total. The minimum Gasteiger partial charge on any atom is -0.322 e. The van der Waals surface area contributed by atoms with Crippen LogP contribution in [0.3, 0.4) is 0 Å². The second-order valence-corrected chi connectivity index (χ2v) is 8.29. The fourth-order valence-corrected chi connectivity index (χ4v) is 3.40. The van der Waals surface area contributed by atoms with E-state index in [0.29, 0.717) is 26.1 Å². The van der Waals surface area contributed by atoms with E-state index in [4.69, 9.17) is 0 Å². The van der Waals surface area contributed by atoms with Crippen molar-refractivity contribution in [3.63, 3.8) is 0 Å². The van der Waals surface area contributed by atoms with E-state index in [9.17, 15) is 17.6 Å². The summed E-state index contributed by atoms with van der Waals surface area (Å²) in [5.41, 5.74) is 2.03. The summed E-state index contributed by atoms with van der Waals surface area (Å²) in [5, 5.41) is 2.72. The molecule has 0 fully saturated rings. The molecule has 0 atom stereocenters. The van der Waals surface area contributed by atoms with Gasteiger partial charge in [-0.25, -0.2) is 12.8 Å². The Morgan fingerprint density at radius 2 is 1.92 bits per heavy atom. The largest absolute Gasteiger partial charge is 0.322 e. The van der Waals surface area contributed by atoms with Crippen LogP contribution in [0.25, 0.3) is 0 Å². The van der Waals surface area contributed by atoms with Crippen LogP contribution in [0.5, 0.6) is 0 Å². The number of benzene rings is 2. The molecule has 0 saturated carbocycles. The first kappa shape index (κ1) is 18.7. The molecule has 8 heteroatoms. The second kappa shape index (κ2) is 7.47. The SMILES string of the molecule is CCS(=O)(=O)Nc1ccc(NC(=O)c2ccc(F)cc2I)cc1C. The van der Waals surface area contributed by atoms with Crippen LogP contribution < -0.4 is 10.0 Å². The quantitative estimate of drug-likeness (QED) is 0.665. The Balaban J connectivity index is 2.19. The second-order valence-electron chi connectivity index (χ2n) is 5.11. The number of hydrogen-bond acceptors (Lipinski definition) is 3. The average Bonchev–Trinajstić information content (AvgIpc) is 2.50. The lowest BCUT2D eigenvalue weighted by molar-refractivity contribution is 0.102. The fourth-order valence-electron chi connectivity index (χ4n) is 1.97. The van der Waals surface area contributed by atoms with E-state index in [1.165, 1.54) is 18.2 Å². The van der Waals surface area contributed by atoms with Crippen LogP contribution in [0.1, 0.15) is 22.8 Å². The van der Waals surface area contributed by atoms with Gasteiger partial charge < -0.3 is 5.32 Å². The first-order chi connectivity index (χ1) is 11.2. The van der Waals surface area contributed by atoms with Gasteiger partial charge in [-0.05, 0) is 78.4 Å². The van der Waals surface area contributed by atoms with Crippen molar-refractivity contribution in [2.24, 2.45) is 0 Å². The van der Waals surface area contributed by atoms with Crippen LogP contribution in [0, 0.1) is 16.3 Å². The number of rotatable bonds is 5. The topological polar surface area (TPSA) is 75.3 Å². The monoisotopic (exact) mass is 462 g/mol. The number of aryl methyl sites for hydroxylation is 1. The molecule has 2 aromatic rings. The summed E-state index contributed by atoms with van der Waals surface area (Å²) in [7, 11) is -3.36. The Bertz CT molecular complexity index is 885. The van der Waals surface area contributed by atoms with Gasteiger partial charge >= 0.3 is 0 Å². The molecule has 1 amide bonds. The van der Waals surface area contributed by atoms with E-state index in [1.54, 1.807) is 32.0 Å². The van der Waals surface area contributed by atoms with Gasteiger partial charge in [0, 0.05) is 9.26 Å². The number of nitrogens with one attached hydrogen (secondary N) is 2. The van der Waals surface area contributed by atoms with Crippen molar-refractivity contribution >= 4 is 49.9 Å². The Hall–Kier alpha value is -1.68. The first-order valence-corrected chi connectivity index (χ1v) is 9.82. The smallest absolute Gasteiger partial charge is 0.256 e. The van der Waals surface area contributed by atoms with Crippen molar-refractivity contribution in [1.82, 2.24) is 0 Å². The van der Waals surface area contributed by atoms with E-state index >= 15 is 0 Å². The minimum atomic E-state index is -3.36. The molecule has 0 radical (unpaired) electrons.